The van der Waals surface area contributed by atoms with Gasteiger partial charge in [0.1, 0.15) is 6.04 Å². The average molecular weight is 297 g/mol. The Balaban J connectivity index is 2.16. The van der Waals surface area contributed by atoms with Gasteiger partial charge in [-0.3, -0.25) is 14.6 Å². The molecule has 2 unspecified atom stereocenters. The number of H-pyrrole nitrogens is 2. The molecule has 0 spiro atoms. The monoisotopic (exact) mass is 297 g/mol. The number of nitrogens with one attached hydrogen (secondary N) is 2. The van der Waals surface area contributed by atoms with Crippen molar-refractivity contribution in [2.45, 2.75) is 25.0 Å². The largest absolute Gasteiger partial charge is 0.467 e. The van der Waals surface area contributed by atoms with Crippen LogP contribution in [0, 0.1) is 0 Å². The normalized spacial score (nSPS) is 21.3. The van der Waals surface area contributed by atoms with E-state index in [1.54, 1.807) is 0 Å². The first-order valence-corrected chi connectivity index (χ1v) is 6.28. The van der Waals surface area contributed by atoms with E-state index in [4.69, 9.17) is 0 Å². The third-order valence-electron chi connectivity index (χ3n) is 3.23. The lowest BCUT2D eigenvalue weighted by Crippen LogP contribution is -2.42. The van der Waals surface area contributed by atoms with Gasteiger partial charge in [0, 0.05) is 24.7 Å². The molecule has 9 heteroatoms. The molecular weight excluding hydrogens is 282 g/mol. The first-order chi connectivity index (χ1) is 9.90. The number of aliphatic hydroxyl groups is 1. The van der Waals surface area contributed by atoms with E-state index in [9.17, 15) is 24.3 Å². The van der Waals surface area contributed by atoms with Crippen LogP contribution in [0.3, 0.4) is 0 Å². The summed E-state index contributed by atoms with van der Waals surface area (Å²) in [6.45, 7) is 0.00598. The minimum atomic E-state index is -0.855. The summed E-state index contributed by atoms with van der Waals surface area (Å²) < 4.78 is 4.59. The fourth-order valence-corrected chi connectivity index (χ4v) is 2.33. The van der Waals surface area contributed by atoms with Crippen LogP contribution < -0.4 is 11.2 Å². The van der Waals surface area contributed by atoms with Gasteiger partial charge in [0.15, 0.2) is 0 Å². The van der Waals surface area contributed by atoms with Crippen molar-refractivity contribution in [3.05, 3.63) is 32.6 Å². The lowest BCUT2D eigenvalue weighted by Gasteiger charge is -2.22. The summed E-state index contributed by atoms with van der Waals surface area (Å²) in [5.41, 5.74) is -1.19. The molecule has 1 aromatic rings. The second-order valence-corrected chi connectivity index (χ2v) is 4.76. The Morgan fingerprint density at radius 2 is 2.14 bits per heavy atom. The predicted molar refractivity (Wildman–Crippen MR) is 69.5 cm³/mol. The number of aliphatic hydroxyl groups excluding tert-OH is 1. The molecule has 1 fully saturated rings. The number of aromatic nitrogens is 2. The number of carbonyl (C=O) groups excluding carboxylic acids is 2. The van der Waals surface area contributed by atoms with Crippen LogP contribution in [0.5, 0.6) is 0 Å². The topological polar surface area (TPSA) is 133 Å². The highest BCUT2D eigenvalue weighted by molar-refractivity contribution is 5.86. The van der Waals surface area contributed by atoms with Gasteiger partial charge in [-0.15, -0.1) is 0 Å². The van der Waals surface area contributed by atoms with E-state index in [1.165, 1.54) is 12.0 Å². The Morgan fingerprint density at radius 1 is 1.43 bits per heavy atom. The molecule has 2 rings (SSSR count). The van der Waals surface area contributed by atoms with E-state index < -0.39 is 35.3 Å². The number of likely N-dealkylation sites (tertiary alicyclic amines) is 1. The number of aromatic amines is 2. The van der Waals surface area contributed by atoms with Gasteiger partial charge in [-0.2, -0.15) is 0 Å². The molecule has 2 heterocycles. The summed E-state index contributed by atoms with van der Waals surface area (Å²) in [4.78, 5) is 51.6. The molecule has 0 aliphatic carbocycles. The number of nitrogens with zero attached hydrogens (tertiary/aromatic N) is 1. The second-order valence-electron chi connectivity index (χ2n) is 4.76. The third kappa shape index (κ3) is 3.37. The molecule has 0 radical (unpaired) electrons. The average Bonchev–Trinajstić information content (AvgIpc) is 2.78. The van der Waals surface area contributed by atoms with Crippen molar-refractivity contribution in [1.29, 1.82) is 0 Å². The maximum Gasteiger partial charge on any atom is 0.328 e. The molecule has 1 saturated heterocycles. The molecule has 1 aliphatic rings. The summed E-state index contributed by atoms with van der Waals surface area (Å²) in [5, 5.41) is 9.60. The van der Waals surface area contributed by atoms with Gasteiger partial charge in [0.2, 0.25) is 5.91 Å². The first-order valence-electron chi connectivity index (χ1n) is 6.28. The lowest BCUT2D eigenvalue weighted by molar-refractivity contribution is -0.150. The van der Waals surface area contributed by atoms with Crippen LogP contribution in [0.15, 0.2) is 15.7 Å². The van der Waals surface area contributed by atoms with Gasteiger partial charge in [-0.05, 0) is 0 Å². The van der Waals surface area contributed by atoms with E-state index in [-0.39, 0.29) is 25.1 Å². The molecule has 1 aliphatic heterocycles. The molecule has 1 aromatic heterocycles. The summed E-state index contributed by atoms with van der Waals surface area (Å²) >= 11 is 0. The van der Waals surface area contributed by atoms with Crippen molar-refractivity contribution in [1.82, 2.24) is 14.9 Å². The summed E-state index contributed by atoms with van der Waals surface area (Å²) in [6, 6.07) is 0.241. The van der Waals surface area contributed by atoms with Gasteiger partial charge in [0.05, 0.1) is 19.6 Å². The highest BCUT2D eigenvalue weighted by Gasteiger charge is 2.39. The molecule has 21 heavy (non-hydrogen) atoms. The predicted octanol–water partition coefficient (Wildman–Crippen LogP) is -2.26. The fourth-order valence-electron chi connectivity index (χ4n) is 2.33. The molecule has 114 valence electrons. The number of hydrogen-bond acceptors (Lipinski definition) is 6. The van der Waals surface area contributed by atoms with Crippen LogP contribution in [-0.2, 0) is 20.7 Å². The van der Waals surface area contributed by atoms with Crippen molar-refractivity contribution < 1.29 is 19.4 Å². The van der Waals surface area contributed by atoms with Crippen LogP contribution >= 0.6 is 0 Å². The maximum absolute atomic E-state index is 12.2. The summed E-state index contributed by atoms with van der Waals surface area (Å²) in [6.07, 6.45) is -0.958. The maximum atomic E-state index is 12.2. The van der Waals surface area contributed by atoms with Crippen LogP contribution in [0.4, 0.5) is 0 Å². The van der Waals surface area contributed by atoms with Crippen molar-refractivity contribution >= 4 is 11.9 Å². The van der Waals surface area contributed by atoms with Gasteiger partial charge < -0.3 is 19.7 Å². The number of methoxy groups -OCH3 is 1. The number of carbonyl (C=O) groups is 2. The van der Waals surface area contributed by atoms with Crippen molar-refractivity contribution in [2.75, 3.05) is 13.7 Å². The van der Waals surface area contributed by atoms with Gasteiger partial charge in [-0.25, -0.2) is 9.59 Å². The molecule has 3 N–H and O–H groups in total. The quantitative estimate of drug-likeness (QED) is 0.539. The Hall–Kier alpha value is -2.42. The Morgan fingerprint density at radius 3 is 2.76 bits per heavy atom. The highest BCUT2D eigenvalue weighted by Crippen LogP contribution is 2.19. The molecule has 0 aromatic carbocycles. The van der Waals surface area contributed by atoms with Crippen molar-refractivity contribution in [3.63, 3.8) is 0 Å². The second kappa shape index (κ2) is 5.92. The lowest BCUT2D eigenvalue weighted by atomic mass is 10.2. The molecule has 0 bridgehead atoms. The zero-order valence-electron chi connectivity index (χ0n) is 11.3. The molecule has 0 saturated carbocycles. The van der Waals surface area contributed by atoms with Gasteiger partial charge in [-0.1, -0.05) is 0 Å². The van der Waals surface area contributed by atoms with Gasteiger partial charge in [0.25, 0.3) is 5.56 Å². The SMILES string of the molecule is COC(=O)C1CC(O)CN1C(=O)Cc1cc(=O)[nH]c(=O)[nH]1. The van der Waals surface area contributed by atoms with Gasteiger partial charge >= 0.3 is 11.7 Å². The molecule has 9 nitrogen and oxygen atoms in total. The molecular formula is C12H15N3O6. The highest BCUT2D eigenvalue weighted by atomic mass is 16.5. The van der Waals surface area contributed by atoms with E-state index in [2.05, 4.69) is 9.72 Å². The molecule has 1 amide bonds. The summed E-state index contributed by atoms with van der Waals surface area (Å²) in [7, 11) is 1.20. The smallest absolute Gasteiger partial charge is 0.328 e. The number of esters is 1. The van der Waals surface area contributed by atoms with Crippen molar-refractivity contribution in [3.8, 4) is 0 Å². The minimum Gasteiger partial charge on any atom is -0.467 e. The first kappa shape index (κ1) is 15.0. The number of ether oxygens (including phenoxy) is 1. The third-order valence-corrected chi connectivity index (χ3v) is 3.23. The standard InChI is InChI=1S/C12H15N3O6/c1-21-11(19)8-4-7(16)5-15(8)10(18)3-6-2-9(17)14-12(20)13-6/h2,7-8,16H,3-5H2,1H3,(H2,13,14,17,20). The number of β-amino-alcohol motifs (C(OH)–C–C–N with tert-alkyl or cyclic N) is 1. The minimum absolute atomic E-state index is 0.00598. The summed E-state index contributed by atoms with van der Waals surface area (Å²) in [5.74, 6) is -1.09. The van der Waals surface area contributed by atoms with Crippen LogP contribution in [-0.4, -0.2) is 57.7 Å². The fraction of sp³-hybridized carbons (Fsp3) is 0.500. The van der Waals surface area contributed by atoms with Crippen LogP contribution in [0.1, 0.15) is 12.1 Å². The Labute approximate surface area is 118 Å². The number of hydrogen-bond donors (Lipinski definition) is 3. The van der Waals surface area contributed by atoms with Crippen molar-refractivity contribution in [2.24, 2.45) is 0 Å². The van der Waals surface area contributed by atoms with E-state index >= 15 is 0 Å². The zero-order valence-corrected chi connectivity index (χ0v) is 11.3. The van der Waals surface area contributed by atoms with E-state index in [0.717, 1.165) is 6.07 Å². The Bertz CT molecular complexity index is 635. The van der Waals surface area contributed by atoms with E-state index in [0.29, 0.717) is 0 Å². The van der Waals surface area contributed by atoms with Crippen LogP contribution in [0.25, 0.3) is 0 Å². The van der Waals surface area contributed by atoms with Crippen LogP contribution in [0.2, 0.25) is 0 Å². The molecule has 2 atom stereocenters. The zero-order chi connectivity index (χ0) is 15.6. The number of amides is 1. The Kier molecular flexibility index (Phi) is 4.22. The van der Waals surface area contributed by atoms with E-state index in [1.807, 2.05) is 4.98 Å². The number of rotatable bonds is 3.